The molecule has 6 nitrogen and oxygen atoms in total. The molecule has 2 aromatic carbocycles. The predicted molar refractivity (Wildman–Crippen MR) is 101 cm³/mol. The van der Waals surface area contributed by atoms with Crippen LogP contribution in [0.4, 0.5) is 4.39 Å². The van der Waals surface area contributed by atoms with Crippen molar-refractivity contribution < 1.29 is 14.3 Å². The zero-order valence-corrected chi connectivity index (χ0v) is 14.9. The standard InChI is InChI=1S/C19H14FN3O3S/c20-9-11-5-6-16-15(7-11)21-17(27-16)10-23-19(26)13-4-2-1-3-12(13)14(22-23)8-18(24)25/h1-7H,8-10H2,(H,24,25). The number of carbonyl (C=O) groups is 1. The number of rotatable bonds is 5. The summed E-state index contributed by atoms with van der Waals surface area (Å²) in [6, 6.07) is 12.0. The first-order chi connectivity index (χ1) is 13.0. The minimum Gasteiger partial charge on any atom is -0.481 e. The number of hydrogen-bond acceptors (Lipinski definition) is 5. The SMILES string of the molecule is O=C(O)Cc1nn(Cc2nc3cc(CF)ccc3s2)c(=O)c2ccccc12. The molecular formula is C19H14FN3O3S. The average Bonchev–Trinajstić information content (AvgIpc) is 3.06. The van der Waals surface area contributed by atoms with Gasteiger partial charge in [-0.25, -0.2) is 14.1 Å². The summed E-state index contributed by atoms with van der Waals surface area (Å²) in [4.78, 5) is 28.4. The van der Waals surface area contributed by atoms with Crippen molar-refractivity contribution in [3.63, 3.8) is 0 Å². The van der Waals surface area contributed by atoms with E-state index in [0.29, 0.717) is 32.6 Å². The molecule has 0 aliphatic carbocycles. The minimum atomic E-state index is -1.02. The summed E-state index contributed by atoms with van der Waals surface area (Å²) < 4.78 is 15.0. The van der Waals surface area contributed by atoms with Crippen LogP contribution in [-0.2, 0) is 24.4 Å². The molecule has 0 fully saturated rings. The van der Waals surface area contributed by atoms with Crippen LogP contribution in [0.1, 0.15) is 16.3 Å². The molecule has 4 rings (SSSR count). The molecule has 0 unspecified atom stereocenters. The third kappa shape index (κ3) is 3.31. The van der Waals surface area contributed by atoms with Crippen molar-refractivity contribution in [3.8, 4) is 0 Å². The summed E-state index contributed by atoms with van der Waals surface area (Å²) in [7, 11) is 0. The molecule has 0 atom stereocenters. The van der Waals surface area contributed by atoms with Gasteiger partial charge in [-0.15, -0.1) is 11.3 Å². The quantitative estimate of drug-likeness (QED) is 0.572. The van der Waals surface area contributed by atoms with Gasteiger partial charge in [-0.2, -0.15) is 5.10 Å². The fourth-order valence-corrected chi connectivity index (χ4v) is 3.92. The van der Waals surface area contributed by atoms with Gasteiger partial charge in [0.05, 0.1) is 34.3 Å². The van der Waals surface area contributed by atoms with E-state index in [1.165, 1.54) is 16.0 Å². The lowest BCUT2D eigenvalue weighted by Gasteiger charge is -2.08. The van der Waals surface area contributed by atoms with E-state index < -0.39 is 12.6 Å². The number of carboxylic acids is 1. The second-order valence-corrected chi connectivity index (χ2v) is 7.18. The number of thiazole rings is 1. The number of aliphatic carboxylic acids is 1. The van der Waals surface area contributed by atoms with Crippen LogP contribution in [0.25, 0.3) is 21.0 Å². The van der Waals surface area contributed by atoms with Crippen molar-refractivity contribution in [3.05, 3.63) is 69.1 Å². The van der Waals surface area contributed by atoms with Gasteiger partial charge in [-0.1, -0.05) is 24.3 Å². The van der Waals surface area contributed by atoms with Crippen LogP contribution in [0.3, 0.4) is 0 Å². The van der Waals surface area contributed by atoms with Crippen LogP contribution >= 0.6 is 11.3 Å². The minimum absolute atomic E-state index is 0.126. The van der Waals surface area contributed by atoms with E-state index in [1.54, 1.807) is 42.5 Å². The van der Waals surface area contributed by atoms with Crippen molar-refractivity contribution in [2.24, 2.45) is 0 Å². The number of hydrogen-bond donors (Lipinski definition) is 1. The fourth-order valence-electron chi connectivity index (χ4n) is 2.99. The number of fused-ring (bicyclic) bond motifs is 2. The van der Waals surface area contributed by atoms with Crippen LogP contribution < -0.4 is 5.56 Å². The Morgan fingerprint density at radius 3 is 2.70 bits per heavy atom. The number of nitrogens with zero attached hydrogens (tertiary/aromatic N) is 3. The number of carboxylic acid groups (broad SMARTS) is 1. The Hall–Kier alpha value is -3.13. The lowest BCUT2D eigenvalue weighted by atomic mass is 10.1. The van der Waals surface area contributed by atoms with Crippen LogP contribution in [0, 0.1) is 0 Å². The molecule has 0 bridgehead atoms. The highest BCUT2D eigenvalue weighted by atomic mass is 32.1. The van der Waals surface area contributed by atoms with Gasteiger partial charge in [0.2, 0.25) is 0 Å². The largest absolute Gasteiger partial charge is 0.481 e. The second kappa shape index (κ2) is 6.88. The Morgan fingerprint density at radius 2 is 1.96 bits per heavy atom. The maximum absolute atomic E-state index is 12.8. The van der Waals surface area contributed by atoms with Gasteiger partial charge in [0.15, 0.2) is 0 Å². The Kier molecular flexibility index (Phi) is 4.41. The van der Waals surface area contributed by atoms with E-state index in [4.69, 9.17) is 5.11 Å². The third-order valence-electron chi connectivity index (χ3n) is 4.20. The summed E-state index contributed by atoms with van der Waals surface area (Å²) in [5.41, 5.74) is 1.25. The van der Waals surface area contributed by atoms with E-state index >= 15 is 0 Å². The van der Waals surface area contributed by atoms with Gasteiger partial charge in [0.1, 0.15) is 11.7 Å². The molecule has 0 spiro atoms. The Balaban J connectivity index is 1.80. The second-order valence-electron chi connectivity index (χ2n) is 6.07. The molecular weight excluding hydrogens is 369 g/mol. The molecule has 0 saturated carbocycles. The maximum atomic E-state index is 12.8. The summed E-state index contributed by atoms with van der Waals surface area (Å²) in [6.45, 7) is -0.437. The van der Waals surface area contributed by atoms with Crippen molar-refractivity contribution in [2.75, 3.05) is 0 Å². The molecule has 2 heterocycles. The van der Waals surface area contributed by atoms with E-state index in [0.717, 1.165) is 4.70 Å². The van der Waals surface area contributed by atoms with Crippen LogP contribution in [-0.4, -0.2) is 25.8 Å². The first kappa shape index (κ1) is 17.3. The highest BCUT2D eigenvalue weighted by Gasteiger charge is 2.14. The molecule has 1 N–H and O–H groups in total. The summed E-state index contributed by atoms with van der Waals surface area (Å²) in [5.74, 6) is -1.02. The van der Waals surface area contributed by atoms with Gasteiger partial charge in [0.25, 0.3) is 5.56 Å². The molecule has 4 aromatic rings. The van der Waals surface area contributed by atoms with E-state index in [2.05, 4.69) is 10.1 Å². The Bertz CT molecular complexity index is 1230. The van der Waals surface area contributed by atoms with E-state index in [1.807, 2.05) is 0 Å². The van der Waals surface area contributed by atoms with E-state index in [-0.39, 0.29) is 18.5 Å². The van der Waals surface area contributed by atoms with Gasteiger partial charge in [-0.3, -0.25) is 9.59 Å². The summed E-state index contributed by atoms with van der Waals surface area (Å²) in [5, 5.41) is 15.0. The van der Waals surface area contributed by atoms with Crippen LogP contribution in [0.15, 0.2) is 47.3 Å². The van der Waals surface area contributed by atoms with Crippen molar-refractivity contribution in [2.45, 2.75) is 19.6 Å². The first-order valence-corrected chi connectivity index (χ1v) is 9.01. The highest BCUT2D eigenvalue weighted by Crippen LogP contribution is 2.24. The number of halogens is 1. The summed E-state index contributed by atoms with van der Waals surface area (Å²) >= 11 is 1.40. The normalized spacial score (nSPS) is 11.3. The smallest absolute Gasteiger partial charge is 0.309 e. The number of alkyl halides is 1. The molecule has 0 aliphatic rings. The number of benzene rings is 2. The Labute approximate surface area is 156 Å². The molecule has 0 aliphatic heterocycles. The van der Waals surface area contributed by atoms with Crippen molar-refractivity contribution in [1.82, 2.24) is 14.8 Å². The van der Waals surface area contributed by atoms with Crippen LogP contribution in [0.2, 0.25) is 0 Å². The maximum Gasteiger partial charge on any atom is 0.309 e. The predicted octanol–water partition coefficient (Wildman–Crippen LogP) is 3.15. The average molecular weight is 383 g/mol. The van der Waals surface area contributed by atoms with Crippen molar-refractivity contribution >= 4 is 38.3 Å². The topological polar surface area (TPSA) is 85.1 Å². The first-order valence-electron chi connectivity index (χ1n) is 8.20. The lowest BCUT2D eigenvalue weighted by molar-refractivity contribution is -0.136. The van der Waals surface area contributed by atoms with Gasteiger partial charge >= 0.3 is 5.97 Å². The molecule has 8 heteroatoms. The van der Waals surface area contributed by atoms with E-state index in [9.17, 15) is 14.0 Å². The highest BCUT2D eigenvalue weighted by molar-refractivity contribution is 7.18. The number of aromatic nitrogens is 3. The zero-order chi connectivity index (χ0) is 19.0. The van der Waals surface area contributed by atoms with Gasteiger partial charge < -0.3 is 5.11 Å². The monoisotopic (exact) mass is 383 g/mol. The van der Waals surface area contributed by atoms with Crippen LogP contribution in [0.5, 0.6) is 0 Å². The van der Waals surface area contributed by atoms with Crippen molar-refractivity contribution in [1.29, 1.82) is 0 Å². The molecule has 0 radical (unpaired) electrons. The van der Waals surface area contributed by atoms with Gasteiger partial charge in [0, 0.05) is 5.39 Å². The fraction of sp³-hybridized carbons (Fsp3) is 0.158. The third-order valence-corrected chi connectivity index (χ3v) is 5.22. The molecule has 136 valence electrons. The van der Waals surface area contributed by atoms with Gasteiger partial charge in [-0.05, 0) is 23.8 Å². The zero-order valence-electron chi connectivity index (χ0n) is 14.1. The molecule has 0 saturated heterocycles. The molecule has 0 amide bonds. The molecule has 27 heavy (non-hydrogen) atoms. The molecule has 2 aromatic heterocycles. The lowest BCUT2D eigenvalue weighted by Crippen LogP contribution is -2.26. The summed E-state index contributed by atoms with van der Waals surface area (Å²) in [6.07, 6.45) is -0.277. The Morgan fingerprint density at radius 1 is 1.19 bits per heavy atom.